The Labute approximate surface area is 136 Å². The van der Waals surface area contributed by atoms with Gasteiger partial charge in [-0.25, -0.2) is 4.98 Å². The standard InChI is InChI=1S/C18H23N3O2/c1-12-13(2)23-14(3)17(12)18(22)20-11-15-6-7-19-16(10-15)21-8-4-5-9-21/h6-7,10H,4-5,8-9,11H2,1-3H3,(H,20,22). The van der Waals surface area contributed by atoms with Gasteiger partial charge in [0.15, 0.2) is 0 Å². The average molecular weight is 313 g/mol. The first-order valence-corrected chi connectivity index (χ1v) is 8.11. The number of aryl methyl sites for hydroxylation is 2. The topological polar surface area (TPSA) is 58.4 Å². The van der Waals surface area contributed by atoms with Crippen LogP contribution in [0.25, 0.3) is 0 Å². The van der Waals surface area contributed by atoms with Gasteiger partial charge >= 0.3 is 0 Å². The van der Waals surface area contributed by atoms with Gasteiger partial charge in [-0.3, -0.25) is 4.79 Å². The van der Waals surface area contributed by atoms with Gasteiger partial charge in [-0.05, 0) is 51.3 Å². The van der Waals surface area contributed by atoms with Gasteiger partial charge in [0.25, 0.3) is 5.91 Å². The molecule has 0 saturated carbocycles. The molecule has 1 amide bonds. The highest BCUT2D eigenvalue weighted by Gasteiger charge is 2.18. The molecule has 0 unspecified atom stereocenters. The van der Waals surface area contributed by atoms with Crippen molar-refractivity contribution in [2.24, 2.45) is 0 Å². The van der Waals surface area contributed by atoms with Crippen LogP contribution in [-0.4, -0.2) is 24.0 Å². The van der Waals surface area contributed by atoms with Gasteiger partial charge in [-0.1, -0.05) is 0 Å². The van der Waals surface area contributed by atoms with Gasteiger partial charge in [0.2, 0.25) is 0 Å². The summed E-state index contributed by atoms with van der Waals surface area (Å²) in [5.74, 6) is 2.38. The number of carbonyl (C=O) groups excluding carboxylic acids is 1. The van der Waals surface area contributed by atoms with E-state index in [1.807, 2.05) is 33.0 Å². The van der Waals surface area contributed by atoms with E-state index in [1.165, 1.54) is 12.8 Å². The molecule has 1 N–H and O–H groups in total. The minimum absolute atomic E-state index is 0.0867. The summed E-state index contributed by atoms with van der Waals surface area (Å²) >= 11 is 0. The molecule has 1 saturated heterocycles. The Morgan fingerprint density at radius 2 is 2.00 bits per heavy atom. The van der Waals surface area contributed by atoms with Crippen LogP contribution in [0.4, 0.5) is 5.82 Å². The van der Waals surface area contributed by atoms with Crippen LogP contribution in [0, 0.1) is 20.8 Å². The number of nitrogens with one attached hydrogen (secondary N) is 1. The largest absolute Gasteiger partial charge is 0.466 e. The second-order valence-electron chi connectivity index (χ2n) is 6.11. The first kappa shape index (κ1) is 15.6. The van der Waals surface area contributed by atoms with E-state index in [0.717, 1.165) is 35.8 Å². The fourth-order valence-electron chi connectivity index (χ4n) is 3.09. The zero-order valence-electron chi connectivity index (χ0n) is 14.0. The number of pyridine rings is 1. The summed E-state index contributed by atoms with van der Waals surface area (Å²) in [6.45, 7) is 8.24. The Kier molecular flexibility index (Phi) is 4.37. The number of hydrogen-bond acceptors (Lipinski definition) is 4. The van der Waals surface area contributed by atoms with Gasteiger partial charge in [-0.15, -0.1) is 0 Å². The van der Waals surface area contributed by atoms with E-state index in [4.69, 9.17) is 4.42 Å². The summed E-state index contributed by atoms with van der Waals surface area (Å²) in [5, 5.41) is 2.98. The maximum atomic E-state index is 12.4. The van der Waals surface area contributed by atoms with E-state index in [-0.39, 0.29) is 5.91 Å². The second kappa shape index (κ2) is 6.44. The lowest BCUT2D eigenvalue weighted by molar-refractivity contribution is 0.0949. The molecular weight excluding hydrogens is 290 g/mol. The predicted molar refractivity (Wildman–Crippen MR) is 89.8 cm³/mol. The summed E-state index contributed by atoms with van der Waals surface area (Å²) < 4.78 is 5.53. The molecule has 0 spiro atoms. The highest BCUT2D eigenvalue weighted by molar-refractivity contribution is 5.96. The first-order chi connectivity index (χ1) is 11.1. The molecule has 0 aromatic carbocycles. The van der Waals surface area contributed by atoms with Gasteiger partial charge in [-0.2, -0.15) is 0 Å². The normalized spacial score (nSPS) is 14.3. The summed E-state index contributed by atoms with van der Waals surface area (Å²) in [7, 11) is 0. The number of aromatic nitrogens is 1. The molecule has 23 heavy (non-hydrogen) atoms. The van der Waals surface area contributed by atoms with Crippen molar-refractivity contribution in [3.63, 3.8) is 0 Å². The third kappa shape index (κ3) is 3.23. The Bertz CT molecular complexity index is 715. The molecule has 5 nitrogen and oxygen atoms in total. The molecule has 5 heteroatoms. The number of amides is 1. The van der Waals surface area contributed by atoms with Crippen LogP contribution >= 0.6 is 0 Å². The Morgan fingerprint density at radius 1 is 1.26 bits per heavy atom. The van der Waals surface area contributed by atoms with Gasteiger partial charge in [0.1, 0.15) is 17.3 Å². The van der Waals surface area contributed by atoms with Crippen molar-refractivity contribution in [3.05, 3.63) is 46.5 Å². The van der Waals surface area contributed by atoms with Gasteiger partial charge in [0, 0.05) is 31.4 Å². The lowest BCUT2D eigenvalue weighted by Gasteiger charge is -2.17. The zero-order chi connectivity index (χ0) is 16.4. The van der Waals surface area contributed by atoms with Gasteiger partial charge in [0.05, 0.1) is 5.56 Å². The number of furan rings is 1. The smallest absolute Gasteiger partial charge is 0.255 e. The lowest BCUT2D eigenvalue weighted by atomic mass is 10.1. The predicted octanol–water partition coefficient (Wildman–Crippen LogP) is 3.13. The number of carbonyl (C=O) groups is 1. The maximum Gasteiger partial charge on any atom is 0.255 e. The fourth-order valence-corrected chi connectivity index (χ4v) is 3.09. The summed E-state index contributed by atoms with van der Waals surface area (Å²) in [6, 6.07) is 4.01. The first-order valence-electron chi connectivity index (χ1n) is 8.11. The van der Waals surface area contributed by atoms with E-state index in [2.05, 4.69) is 21.3 Å². The Morgan fingerprint density at radius 3 is 2.65 bits per heavy atom. The molecule has 2 aromatic rings. The molecule has 0 aliphatic carbocycles. The van der Waals surface area contributed by atoms with E-state index >= 15 is 0 Å². The monoisotopic (exact) mass is 313 g/mol. The summed E-state index contributed by atoms with van der Waals surface area (Å²) in [6.07, 6.45) is 4.26. The quantitative estimate of drug-likeness (QED) is 0.942. The Balaban J connectivity index is 1.68. The van der Waals surface area contributed by atoms with Crippen molar-refractivity contribution in [1.29, 1.82) is 0 Å². The highest BCUT2D eigenvalue weighted by Crippen LogP contribution is 2.21. The minimum atomic E-state index is -0.0867. The number of hydrogen-bond donors (Lipinski definition) is 1. The number of rotatable bonds is 4. The van der Waals surface area contributed by atoms with Crippen molar-refractivity contribution in [2.45, 2.75) is 40.2 Å². The van der Waals surface area contributed by atoms with E-state index in [9.17, 15) is 4.79 Å². The van der Waals surface area contributed by atoms with Crippen LogP contribution in [0.2, 0.25) is 0 Å². The molecule has 122 valence electrons. The van der Waals surface area contributed by atoms with Crippen molar-refractivity contribution in [1.82, 2.24) is 10.3 Å². The second-order valence-corrected chi connectivity index (χ2v) is 6.11. The third-order valence-corrected chi connectivity index (χ3v) is 4.48. The molecule has 3 rings (SSSR count). The van der Waals surface area contributed by atoms with E-state index < -0.39 is 0 Å². The molecule has 1 fully saturated rings. The molecule has 1 aliphatic heterocycles. The Hall–Kier alpha value is -2.30. The minimum Gasteiger partial charge on any atom is -0.466 e. The molecular formula is C18H23N3O2. The van der Waals surface area contributed by atoms with Crippen LogP contribution in [0.1, 0.15) is 45.8 Å². The maximum absolute atomic E-state index is 12.4. The lowest BCUT2D eigenvalue weighted by Crippen LogP contribution is -2.24. The third-order valence-electron chi connectivity index (χ3n) is 4.48. The van der Waals surface area contributed by atoms with Crippen LogP contribution in [0.5, 0.6) is 0 Å². The van der Waals surface area contributed by atoms with E-state index in [0.29, 0.717) is 17.9 Å². The fraction of sp³-hybridized carbons (Fsp3) is 0.444. The average Bonchev–Trinajstić information content (AvgIpc) is 3.15. The molecule has 2 aromatic heterocycles. The molecule has 0 atom stereocenters. The number of anilines is 1. The zero-order valence-corrected chi connectivity index (χ0v) is 14.0. The van der Waals surface area contributed by atoms with Crippen LogP contribution in [0.3, 0.4) is 0 Å². The molecule has 1 aliphatic rings. The van der Waals surface area contributed by atoms with Crippen LogP contribution in [0.15, 0.2) is 22.7 Å². The summed E-state index contributed by atoms with van der Waals surface area (Å²) in [4.78, 5) is 19.1. The molecule has 3 heterocycles. The van der Waals surface area contributed by atoms with E-state index in [1.54, 1.807) is 0 Å². The van der Waals surface area contributed by atoms with Crippen molar-refractivity contribution >= 4 is 11.7 Å². The summed E-state index contributed by atoms with van der Waals surface area (Å²) in [5.41, 5.74) is 2.62. The van der Waals surface area contributed by atoms with Crippen molar-refractivity contribution in [2.75, 3.05) is 18.0 Å². The number of nitrogens with zero attached hydrogens (tertiary/aromatic N) is 2. The molecule has 0 bridgehead atoms. The molecule has 0 radical (unpaired) electrons. The SMILES string of the molecule is Cc1oc(C)c(C(=O)NCc2ccnc(N3CCCC3)c2)c1C. The van der Waals surface area contributed by atoms with Crippen molar-refractivity contribution < 1.29 is 9.21 Å². The van der Waals surface area contributed by atoms with Crippen LogP contribution in [-0.2, 0) is 6.54 Å². The van der Waals surface area contributed by atoms with Gasteiger partial charge < -0.3 is 14.6 Å². The van der Waals surface area contributed by atoms with Crippen molar-refractivity contribution in [3.8, 4) is 0 Å². The highest BCUT2D eigenvalue weighted by atomic mass is 16.3. The van der Waals surface area contributed by atoms with Crippen LogP contribution < -0.4 is 10.2 Å².